The molecule has 0 bridgehead atoms. The van der Waals surface area contributed by atoms with Crippen molar-refractivity contribution >= 4 is 10.0 Å². The minimum Gasteiger partial charge on any atom is -0.349 e. The Morgan fingerprint density at radius 1 is 1.35 bits per heavy atom. The zero-order chi connectivity index (χ0) is 14.8. The van der Waals surface area contributed by atoms with E-state index >= 15 is 0 Å². The molecule has 0 amide bonds. The summed E-state index contributed by atoms with van der Waals surface area (Å²) < 4.78 is 29.6. The molecule has 0 atom stereocenters. The standard InChI is InChI=1S/C14H25N3O2S/c1-4-8-17-11-13(9-12(17)10-15-5-2)20(18,19)16-14(3)6-7-14/h9,11,15-16H,4-8,10H2,1-3H3. The first-order chi connectivity index (χ1) is 9.40. The van der Waals surface area contributed by atoms with E-state index in [0.29, 0.717) is 11.4 Å². The zero-order valence-electron chi connectivity index (χ0n) is 12.6. The van der Waals surface area contributed by atoms with Gasteiger partial charge in [0.2, 0.25) is 10.0 Å². The first-order valence-corrected chi connectivity index (χ1v) is 8.82. The summed E-state index contributed by atoms with van der Waals surface area (Å²) in [6.07, 6.45) is 4.58. The number of aryl methyl sites for hydroxylation is 1. The second-order valence-electron chi connectivity index (χ2n) is 5.81. The Kier molecular flexibility index (Phi) is 4.56. The van der Waals surface area contributed by atoms with Crippen LogP contribution < -0.4 is 10.0 Å². The van der Waals surface area contributed by atoms with Gasteiger partial charge < -0.3 is 9.88 Å². The van der Waals surface area contributed by atoms with Crippen LogP contribution in [0.4, 0.5) is 0 Å². The molecule has 0 aliphatic heterocycles. The van der Waals surface area contributed by atoms with Crippen molar-refractivity contribution < 1.29 is 8.42 Å². The molecule has 1 aliphatic carbocycles. The van der Waals surface area contributed by atoms with Crippen LogP contribution in [0.25, 0.3) is 0 Å². The van der Waals surface area contributed by atoms with E-state index in [1.165, 1.54) is 0 Å². The lowest BCUT2D eigenvalue weighted by molar-refractivity contribution is 0.557. The van der Waals surface area contributed by atoms with Crippen molar-refractivity contribution in [1.29, 1.82) is 0 Å². The molecular formula is C14H25N3O2S. The van der Waals surface area contributed by atoms with E-state index in [4.69, 9.17) is 0 Å². The highest BCUT2D eigenvalue weighted by Crippen LogP contribution is 2.36. The molecule has 20 heavy (non-hydrogen) atoms. The Morgan fingerprint density at radius 3 is 2.60 bits per heavy atom. The van der Waals surface area contributed by atoms with E-state index in [0.717, 1.165) is 38.0 Å². The summed E-state index contributed by atoms with van der Waals surface area (Å²) in [6, 6.07) is 1.78. The second kappa shape index (κ2) is 5.87. The Hall–Kier alpha value is -0.850. The van der Waals surface area contributed by atoms with Gasteiger partial charge in [0.1, 0.15) is 0 Å². The fraction of sp³-hybridized carbons (Fsp3) is 0.714. The zero-order valence-corrected chi connectivity index (χ0v) is 13.4. The van der Waals surface area contributed by atoms with Crippen molar-refractivity contribution in [2.75, 3.05) is 6.54 Å². The smallest absolute Gasteiger partial charge is 0.242 e. The van der Waals surface area contributed by atoms with E-state index in [2.05, 4.69) is 17.0 Å². The molecule has 2 rings (SSSR count). The molecule has 114 valence electrons. The fourth-order valence-electron chi connectivity index (χ4n) is 2.20. The third kappa shape index (κ3) is 3.62. The normalized spacial score (nSPS) is 17.4. The van der Waals surface area contributed by atoms with Gasteiger partial charge in [0.25, 0.3) is 0 Å². The van der Waals surface area contributed by atoms with Crippen molar-refractivity contribution in [3.8, 4) is 0 Å². The van der Waals surface area contributed by atoms with Crippen molar-refractivity contribution in [3.05, 3.63) is 18.0 Å². The molecule has 0 spiro atoms. The Morgan fingerprint density at radius 2 is 2.05 bits per heavy atom. The Balaban J connectivity index is 2.22. The molecular weight excluding hydrogens is 274 g/mol. The lowest BCUT2D eigenvalue weighted by Crippen LogP contribution is -2.34. The molecule has 2 N–H and O–H groups in total. The first kappa shape index (κ1) is 15.5. The number of rotatable bonds is 8. The van der Waals surface area contributed by atoms with Crippen LogP contribution in [0, 0.1) is 0 Å². The van der Waals surface area contributed by atoms with Gasteiger partial charge in [0, 0.05) is 30.5 Å². The number of nitrogens with zero attached hydrogens (tertiary/aromatic N) is 1. The minimum atomic E-state index is -3.40. The Labute approximate surface area is 121 Å². The van der Waals surface area contributed by atoms with Gasteiger partial charge in [-0.2, -0.15) is 0 Å². The van der Waals surface area contributed by atoms with Gasteiger partial charge in [-0.3, -0.25) is 0 Å². The topological polar surface area (TPSA) is 63.1 Å². The number of nitrogens with one attached hydrogen (secondary N) is 2. The summed E-state index contributed by atoms with van der Waals surface area (Å²) in [5.41, 5.74) is 0.795. The summed E-state index contributed by atoms with van der Waals surface area (Å²) in [5, 5.41) is 3.25. The summed E-state index contributed by atoms with van der Waals surface area (Å²) in [5.74, 6) is 0. The first-order valence-electron chi connectivity index (χ1n) is 7.34. The van der Waals surface area contributed by atoms with Crippen LogP contribution >= 0.6 is 0 Å². The fourth-order valence-corrected chi connectivity index (χ4v) is 3.72. The molecule has 0 saturated heterocycles. The lowest BCUT2D eigenvalue weighted by Gasteiger charge is -2.10. The van der Waals surface area contributed by atoms with Crippen LogP contribution in [-0.2, 0) is 23.1 Å². The van der Waals surface area contributed by atoms with E-state index in [-0.39, 0.29) is 5.54 Å². The number of hydrogen-bond donors (Lipinski definition) is 2. The van der Waals surface area contributed by atoms with E-state index in [1.807, 2.05) is 18.4 Å². The van der Waals surface area contributed by atoms with Crippen molar-refractivity contribution in [2.24, 2.45) is 0 Å². The molecule has 1 aromatic rings. The van der Waals surface area contributed by atoms with Crippen LogP contribution in [0.15, 0.2) is 17.2 Å². The lowest BCUT2D eigenvalue weighted by atomic mass is 10.4. The largest absolute Gasteiger partial charge is 0.349 e. The Bertz CT molecular complexity index is 559. The average Bonchev–Trinajstić information content (AvgIpc) is 2.93. The monoisotopic (exact) mass is 299 g/mol. The van der Waals surface area contributed by atoms with E-state index in [1.54, 1.807) is 12.3 Å². The highest BCUT2D eigenvalue weighted by Gasteiger charge is 2.41. The van der Waals surface area contributed by atoms with Gasteiger partial charge in [-0.1, -0.05) is 13.8 Å². The molecule has 0 unspecified atom stereocenters. The van der Waals surface area contributed by atoms with E-state index < -0.39 is 10.0 Å². The molecule has 1 heterocycles. The number of aromatic nitrogens is 1. The SMILES string of the molecule is CCCn1cc(S(=O)(=O)NC2(C)CC2)cc1CNCC. The van der Waals surface area contributed by atoms with Gasteiger partial charge >= 0.3 is 0 Å². The van der Waals surface area contributed by atoms with E-state index in [9.17, 15) is 8.42 Å². The van der Waals surface area contributed by atoms with Crippen LogP contribution in [-0.4, -0.2) is 25.1 Å². The van der Waals surface area contributed by atoms with Gasteiger partial charge in [-0.25, -0.2) is 13.1 Å². The van der Waals surface area contributed by atoms with Crippen LogP contribution in [0.1, 0.15) is 45.7 Å². The third-order valence-electron chi connectivity index (χ3n) is 3.67. The maximum Gasteiger partial charge on any atom is 0.242 e. The second-order valence-corrected chi connectivity index (χ2v) is 7.49. The molecule has 0 aromatic carbocycles. The third-order valence-corrected chi connectivity index (χ3v) is 5.28. The maximum atomic E-state index is 12.4. The van der Waals surface area contributed by atoms with Crippen LogP contribution in [0.3, 0.4) is 0 Å². The predicted molar refractivity (Wildman–Crippen MR) is 80.1 cm³/mol. The summed E-state index contributed by atoms with van der Waals surface area (Å²) in [6.45, 7) is 8.49. The minimum absolute atomic E-state index is 0.229. The van der Waals surface area contributed by atoms with Crippen molar-refractivity contribution in [2.45, 2.75) is 63.6 Å². The molecule has 1 aromatic heterocycles. The van der Waals surface area contributed by atoms with Gasteiger partial charge in [0.05, 0.1) is 4.90 Å². The highest BCUT2D eigenvalue weighted by atomic mass is 32.2. The summed E-state index contributed by atoms with van der Waals surface area (Å²) >= 11 is 0. The molecule has 1 saturated carbocycles. The van der Waals surface area contributed by atoms with Crippen molar-refractivity contribution in [3.63, 3.8) is 0 Å². The van der Waals surface area contributed by atoms with Crippen LogP contribution in [0.2, 0.25) is 0 Å². The number of sulfonamides is 1. The summed E-state index contributed by atoms with van der Waals surface area (Å²) in [7, 11) is -3.40. The molecule has 0 radical (unpaired) electrons. The molecule has 1 fully saturated rings. The maximum absolute atomic E-state index is 12.4. The molecule has 1 aliphatic rings. The van der Waals surface area contributed by atoms with Gasteiger partial charge in [0.15, 0.2) is 0 Å². The van der Waals surface area contributed by atoms with Crippen molar-refractivity contribution in [1.82, 2.24) is 14.6 Å². The van der Waals surface area contributed by atoms with Gasteiger partial charge in [-0.15, -0.1) is 0 Å². The average molecular weight is 299 g/mol. The van der Waals surface area contributed by atoms with Gasteiger partial charge in [-0.05, 0) is 38.8 Å². The highest BCUT2D eigenvalue weighted by molar-refractivity contribution is 7.89. The molecule has 5 nitrogen and oxygen atoms in total. The summed E-state index contributed by atoms with van der Waals surface area (Å²) in [4.78, 5) is 0.381. The molecule has 6 heteroatoms. The van der Waals surface area contributed by atoms with Crippen LogP contribution in [0.5, 0.6) is 0 Å². The predicted octanol–water partition coefficient (Wildman–Crippen LogP) is 1.84. The quantitative estimate of drug-likeness (QED) is 0.770. The number of hydrogen-bond acceptors (Lipinski definition) is 3.